The van der Waals surface area contributed by atoms with Crippen molar-refractivity contribution in [3.63, 3.8) is 0 Å². The van der Waals surface area contributed by atoms with Crippen molar-refractivity contribution < 1.29 is 4.74 Å². The minimum absolute atomic E-state index is 0.146. The number of ether oxygens (including phenoxy) is 1. The maximum Gasteiger partial charge on any atom is 0.328 e. The maximum absolute atomic E-state index is 6.06. The number of nitrogens with two attached hydrogens (primary N) is 1. The van der Waals surface area contributed by atoms with E-state index >= 15 is 0 Å². The molecule has 110 valence electrons. The van der Waals surface area contributed by atoms with Crippen molar-refractivity contribution in [3.05, 3.63) is 29.3 Å². The fraction of sp³-hybridized carbons (Fsp3) is 0.357. The third-order valence-corrected chi connectivity index (χ3v) is 3.61. The Morgan fingerprint density at radius 1 is 1.05 bits per heavy atom. The Balaban J connectivity index is 1.85. The lowest BCUT2D eigenvalue weighted by atomic mass is 10.1. The summed E-state index contributed by atoms with van der Waals surface area (Å²) in [7, 11) is 0. The fourth-order valence-electron chi connectivity index (χ4n) is 2.27. The van der Waals surface area contributed by atoms with E-state index in [0.717, 1.165) is 25.9 Å². The minimum Gasteiger partial charge on any atom is -0.423 e. The third kappa shape index (κ3) is 3.33. The molecule has 1 aliphatic heterocycles. The highest BCUT2D eigenvalue weighted by Crippen LogP contribution is 2.28. The summed E-state index contributed by atoms with van der Waals surface area (Å²) >= 11 is 6.06. The predicted molar refractivity (Wildman–Crippen MR) is 81.8 cm³/mol. The smallest absolute Gasteiger partial charge is 0.328 e. The van der Waals surface area contributed by atoms with Crippen LogP contribution in [0.15, 0.2) is 24.3 Å². The van der Waals surface area contributed by atoms with Crippen molar-refractivity contribution in [2.75, 3.05) is 23.7 Å². The van der Waals surface area contributed by atoms with Crippen LogP contribution in [0, 0.1) is 0 Å². The van der Waals surface area contributed by atoms with E-state index in [4.69, 9.17) is 22.1 Å². The second kappa shape index (κ2) is 6.13. The second-order valence-electron chi connectivity index (χ2n) is 4.86. The van der Waals surface area contributed by atoms with Crippen molar-refractivity contribution in [1.82, 2.24) is 15.0 Å². The highest BCUT2D eigenvalue weighted by atomic mass is 35.5. The number of para-hydroxylation sites is 1. The summed E-state index contributed by atoms with van der Waals surface area (Å²) in [5, 5.41) is 0.496. The molecule has 0 bridgehead atoms. The summed E-state index contributed by atoms with van der Waals surface area (Å²) in [4.78, 5) is 14.6. The number of piperidine rings is 1. The largest absolute Gasteiger partial charge is 0.423 e. The van der Waals surface area contributed by atoms with Gasteiger partial charge in [-0.1, -0.05) is 23.7 Å². The number of benzene rings is 1. The van der Waals surface area contributed by atoms with Crippen LogP contribution in [0.4, 0.5) is 11.9 Å². The molecule has 0 saturated carbocycles. The van der Waals surface area contributed by atoms with Crippen molar-refractivity contribution in [1.29, 1.82) is 0 Å². The van der Waals surface area contributed by atoms with Gasteiger partial charge in [0.25, 0.3) is 0 Å². The topological polar surface area (TPSA) is 77.2 Å². The van der Waals surface area contributed by atoms with Crippen molar-refractivity contribution >= 4 is 23.5 Å². The first kappa shape index (κ1) is 13.9. The number of nitrogens with zero attached hydrogens (tertiary/aromatic N) is 4. The Labute approximate surface area is 127 Å². The first-order chi connectivity index (χ1) is 10.2. The molecule has 0 atom stereocenters. The number of halogens is 1. The van der Waals surface area contributed by atoms with Gasteiger partial charge in [-0.15, -0.1) is 0 Å². The molecule has 0 amide bonds. The third-order valence-electron chi connectivity index (χ3n) is 3.30. The van der Waals surface area contributed by atoms with Crippen LogP contribution in [0.1, 0.15) is 19.3 Å². The van der Waals surface area contributed by atoms with Gasteiger partial charge in [0.2, 0.25) is 11.9 Å². The van der Waals surface area contributed by atoms with Gasteiger partial charge in [0.05, 0.1) is 5.02 Å². The molecule has 2 heterocycles. The zero-order valence-corrected chi connectivity index (χ0v) is 12.3. The van der Waals surface area contributed by atoms with Crippen LogP contribution in [-0.4, -0.2) is 28.0 Å². The number of aromatic nitrogens is 3. The van der Waals surface area contributed by atoms with E-state index in [2.05, 4.69) is 19.9 Å². The molecule has 1 aliphatic rings. The van der Waals surface area contributed by atoms with E-state index < -0.39 is 0 Å². The van der Waals surface area contributed by atoms with Crippen LogP contribution in [0.25, 0.3) is 0 Å². The van der Waals surface area contributed by atoms with Gasteiger partial charge in [0.15, 0.2) is 0 Å². The van der Waals surface area contributed by atoms with Crippen molar-refractivity contribution in [3.8, 4) is 11.8 Å². The SMILES string of the molecule is Nc1nc(Oc2ccccc2Cl)nc(N2CCCCC2)n1. The minimum atomic E-state index is 0.146. The summed E-state index contributed by atoms with van der Waals surface area (Å²) in [6.07, 6.45) is 3.50. The van der Waals surface area contributed by atoms with Gasteiger partial charge in [-0.2, -0.15) is 15.0 Å². The van der Waals surface area contributed by atoms with Crippen LogP contribution in [0.5, 0.6) is 11.8 Å². The van der Waals surface area contributed by atoms with Crippen LogP contribution in [0.2, 0.25) is 5.02 Å². The summed E-state index contributed by atoms with van der Waals surface area (Å²) in [6, 6.07) is 7.32. The fourth-order valence-corrected chi connectivity index (χ4v) is 2.44. The van der Waals surface area contributed by atoms with Crippen LogP contribution in [-0.2, 0) is 0 Å². The summed E-state index contributed by atoms with van der Waals surface area (Å²) in [5.41, 5.74) is 5.76. The number of hydrogen-bond donors (Lipinski definition) is 1. The lowest BCUT2D eigenvalue weighted by molar-refractivity contribution is 0.439. The molecule has 7 heteroatoms. The molecule has 0 spiro atoms. The molecular formula is C14H16ClN5O. The van der Waals surface area contributed by atoms with Crippen LogP contribution >= 0.6 is 11.6 Å². The lowest BCUT2D eigenvalue weighted by Crippen LogP contribution is -2.31. The Hall–Kier alpha value is -2.08. The molecule has 0 radical (unpaired) electrons. The average molecular weight is 306 g/mol. The molecule has 1 fully saturated rings. The zero-order chi connectivity index (χ0) is 14.7. The monoisotopic (exact) mass is 305 g/mol. The first-order valence-corrected chi connectivity index (χ1v) is 7.29. The molecule has 2 N–H and O–H groups in total. The standard InChI is InChI=1S/C14H16ClN5O/c15-10-6-2-3-7-11(10)21-14-18-12(16)17-13(19-14)20-8-4-1-5-9-20/h2-3,6-7H,1,4-5,8-9H2,(H2,16,17,18,19). The van der Waals surface area contributed by atoms with Gasteiger partial charge in [-0.25, -0.2) is 0 Å². The number of hydrogen-bond acceptors (Lipinski definition) is 6. The van der Waals surface area contributed by atoms with E-state index in [1.807, 2.05) is 12.1 Å². The number of anilines is 2. The molecule has 1 aromatic carbocycles. The zero-order valence-electron chi connectivity index (χ0n) is 11.5. The molecule has 6 nitrogen and oxygen atoms in total. The normalized spacial score (nSPS) is 15.0. The Morgan fingerprint density at radius 2 is 1.81 bits per heavy atom. The Bertz CT molecular complexity index is 631. The van der Waals surface area contributed by atoms with Gasteiger partial charge < -0.3 is 15.4 Å². The van der Waals surface area contributed by atoms with Gasteiger partial charge in [-0.05, 0) is 31.4 Å². The first-order valence-electron chi connectivity index (χ1n) is 6.91. The predicted octanol–water partition coefficient (Wildman–Crippen LogP) is 2.89. The molecule has 2 aromatic rings. The van der Waals surface area contributed by atoms with Crippen LogP contribution in [0.3, 0.4) is 0 Å². The number of rotatable bonds is 3. The van der Waals surface area contributed by atoms with E-state index in [9.17, 15) is 0 Å². The second-order valence-corrected chi connectivity index (χ2v) is 5.26. The quantitative estimate of drug-likeness (QED) is 0.939. The summed E-state index contributed by atoms with van der Waals surface area (Å²) in [6.45, 7) is 1.85. The molecule has 1 aromatic heterocycles. The highest BCUT2D eigenvalue weighted by Gasteiger charge is 2.16. The van der Waals surface area contributed by atoms with Gasteiger partial charge >= 0.3 is 6.01 Å². The Kier molecular flexibility index (Phi) is 4.06. The van der Waals surface area contributed by atoms with Crippen molar-refractivity contribution in [2.24, 2.45) is 0 Å². The van der Waals surface area contributed by atoms with Crippen LogP contribution < -0.4 is 15.4 Å². The van der Waals surface area contributed by atoms with Gasteiger partial charge in [-0.3, -0.25) is 0 Å². The van der Waals surface area contributed by atoms with E-state index in [-0.39, 0.29) is 12.0 Å². The average Bonchev–Trinajstić information content (AvgIpc) is 2.50. The highest BCUT2D eigenvalue weighted by molar-refractivity contribution is 6.32. The van der Waals surface area contributed by atoms with E-state index in [1.165, 1.54) is 6.42 Å². The van der Waals surface area contributed by atoms with Gasteiger partial charge in [0.1, 0.15) is 5.75 Å². The molecule has 21 heavy (non-hydrogen) atoms. The Morgan fingerprint density at radius 3 is 2.57 bits per heavy atom. The molecule has 0 unspecified atom stereocenters. The molecular weight excluding hydrogens is 290 g/mol. The van der Waals surface area contributed by atoms with E-state index in [0.29, 0.717) is 16.7 Å². The maximum atomic E-state index is 6.06. The molecule has 1 saturated heterocycles. The molecule has 3 rings (SSSR count). The number of nitrogen functional groups attached to an aromatic ring is 1. The lowest BCUT2D eigenvalue weighted by Gasteiger charge is -2.26. The summed E-state index contributed by atoms with van der Waals surface area (Å²) in [5.74, 6) is 1.20. The summed E-state index contributed by atoms with van der Waals surface area (Å²) < 4.78 is 5.62. The van der Waals surface area contributed by atoms with E-state index in [1.54, 1.807) is 12.1 Å². The van der Waals surface area contributed by atoms with Crippen molar-refractivity contribution in [2.45, 2.75) is 19.3 Å². The van der Waals surface area contributed by atoms with Gasteiger partial charge in [0, 0.05) is 13.1 Å². The molecule has 0 aliphatic carbocycles.